The van der Waals surface area contributed by atoms with Crippen molar-refractivity contribution in [3.8, 4) is 11.3 Å². The summed E-state index contributed by atoms with van der Waals surface area (Å²) >= 11 is 17.5. The van der Waals surface area contributed by atoms with Gasteiger partial charge in [0.1, 0.15) is 11.5 Å². The molecular formula is C11H5Cl3N2O. The molecule has 0 saturated carbocycles. The second-order valence-corrected chi connectivity index (χ2v) is 4.35. The van der Waals surface area contributed by atoms with Crippen molar-refractivity contribution in [3.63, 3.8) is 0 Å². The van der Waals surface area contributed by atoms with Gasteiger partial charge in [-0.3, -0.25) is 4.79 Å². The lowest BCUT2D eigenvalue weighted by molar-refractivity contribution is 0.112. The minimum absolute atomic E-state index is 0.107. The molecule has 0 bridgehead atoms. The fraction of sp³-hybridized carbons (Fsp3) is 0. The average molecular weight is 288 g/mol. The number of nitrogens with zero attached hydrogens (tertiary/aromatic N) is 2. The van der Waals surface area contributed by atoms with E-state index >= 15 is 0 Å². The number of aromatic nitrogens is 2. The lowest BCUT2D eigenvalue weighted by atomic mass is 10.1. The van der Waals surface area contributed by atoms with Crippen molar-refractivity contribution in [3.05, 3.63) is 45.3 Å². The number of rotatable bonds is 2. The summed E-state index contributed by atoms with van der Waals surface area (Å²) in [6.07, 6.45) is 1.90. The van der Waals surface area contributed by atoms with Gasteiger partial charge in [0.05, 0.1) is 21.3 Å². The number of carbonyl (C=O) groups excluding carboxylic acids is 1. The third-order valence-corrected chi connectivity index (χ3v) is 3.19. The number of carbonyl (C=O) groups is 1. The van der Waals surface area contributed by atoms with Crippen LogP contribution in [0.3, 0.4) is 0 Å². The van der Waals surface area contributed by atoms with E-state index in [0.29, 0.717) is 27.6 Å². The van der Waals surface area contributed by atoms with Crippen molar-refractivity contribution in [2.24, 2.45) is 0 Å². The first-order valence-electron chi connectivity index (χ1n) is 4.54. The van der Waals surface area contributed by atoms with Crippen LogP contribution in [-0.2, 0) is 0 Å². The molecule has 2 aromatic rings. The van der Waals surface area contributed by atoms with Crippen molar-refractivity contribution in [2.45, 2.75) is 0 Å². The molecule has 2 rings (SSSR count). The van der Waals surface area contributed by atoms with Gasteiger partial charge in [0, 0.05) is 5.56 Å². The summed E-state index contributed by atoms with van der Waals surface area (Å²) in [6, 6.07) is 4.96. The zero-order valence-corrected chi connectivity index (χ0v) is 10.6. The topological polar surface area (TPSA) is 42.9 Å². The summed E-state index contributed by atoms with van der Waals surface area (Å²) in [5.41, 5.74) is 1.32. The molecule has 0 radical (unpaired) electrons. The SMILES string of the molecule is O=Cc1c(Cl)ncnc1-c1ccc(Cl)c(Cl)c1. The molecule has 0 aliphatic heterocycles. The van der Waals surface area contributed by atoms with Gasteiger partial charge in [-0.05, 0) is 12.1 Å². The highest BCUT2D eigenvalue weighted by Crippen LogP contribution is 2.30. The van der Waals surface area contributed by atoms with Gasteiger partial charge in [-0.25, -0.2) is 9.97 Å². The molecule has 0 unspecified atom stereocenters. The third kappa shape index (κ3) is 2.41. The fourth-order valence-electron chi connectivity index (χ4n) is 1.35. The van der Waals surface area contributed by atoms with Crippen LogP contribution in [0, 0.1) is 0 Å². The van der Waals surface area contributed by atoms with E-state index in [0.717, 1.165) is 0 Å². The minimum Gasteiger partial charge on any atom is -0.298 e. The standard InChI is InChI=1S/C11H5Cl3N2O/c12-8-2-1-6(3-9(8)13)10-7(4-17)11(14)16-5-15-10/h1-5H. The number of benzene rings is 1. The van der Waals surface area contributed by atoms with E-state index < -0.39 is 0 Å². The van der Waals surface area contributed by atoms with Crippen molar-refractivity contribution >= 4 is 41.1 Å². The van der Waals surface area contributed by atoms with Gasteiger partial charge in [0.15, 0.2) is 6.29 Å². The Bertz CT molecular complexity index is 587. The van der Waals surface area contributed by atoms with Gasteiger partial charge < -0.3 is 0 Å². The fourth-order valence-corrected chi connectivity index (χ4v) is 1.83. The Labute approximate surface area is 112 Å². The van der Waals surface area contributed by atoms with E-state index in [9.17, 15) is 4.79 Å². The van der Waals surface area contributed by atoms with Crippen LogP contribution < -0.4 is 0 Å². The number of halogens is 3. The molecule has 1 aromatic carbocycles. The Balaban J connectivity index is 2.64. The molecule has 17 heavy (non-hydrogen) atoms. The quantitative estimate of drug-likeness (QED) is 0.621. The Morgan fingerprint density at radius 3 is 2.47 bits per heavy atom. The number of aldehydes is 1. The van der Waals surface area contributed by atoms with Gasteiger partial charge in [-0.1, -0.05) is 40.9 Å². The van der Waals surface area contributed by atoms with Crippen LogP contribution in [0.5, 0.6) is 0 Å². The lowest BCUT2D eigenvalue weighted by Gasteiger charge is -2.05. The maximum absolute atomic E-state index is 10.9. The highest BCUT2D eigenvalue weighted by Gasteiger charge is 2.12. The molecule has 86 valence electrons. The number of hydrogen-bond acceptors (Lipinski definition) is 3. The van der Waals surface area contributed by atoms with E-state index in [1.165, 1.54) is 6.33 Å². The molecule has 0 N–H and O–H groups in total. The van der Waals surface area contributed by atoms with Crippen LogP contribution in [0.2, 0.25) is 15.2 Å². The second kappa shape index (κ2) is 5.00. The molecule has 3 nitrogen and oxygen atoms in total. The maximum Gasteiger partial charge on any atom is 0.155 e. The summed E-state index contributed by atoms with van der Waals surface area (Å²) in [4.78, 5) is 18.7. The molecule has 1 heterocycles. The highest BCUT2D eigenvalue weighted by molar-refractivity contribution is 6.42. The third-order valence-electron chi connectivity index (χ3n) is 2.15. The Hall–Kier alpha value is -1.16. The average Bonchev–Trinajstić information content (AvgIpc) is 2.32. The van der Waals surface area contributed by atoms with E-state index in [1.54, 1.807) is 18.2 Å². The van der Waals surface area contributed by atoms with E-state index in [2.05, 4.69) is 9.97 Å². The molecule has 0 spiro atoms. The van der Waals surface area contributed by atoms with Crippen LogP contribution in [0.15, 0.2) is 24.5 Å². The summed E-state index contributed by atoms with van der Waals surface area (Å²) in [6.45, 7) is 0. The van der Waals surface area contributed by atoms with E-state index in [1.807, 2.05) is 0 Å². The summed E-state index contributed by atoms with van der Waals surface area (Å²) in [7, 11) is 0. The first kappa shape index (κ1) is 12.3. The molecule has 0 amide bonds. The van der Waals surface area contributed by atoms with Crippen LogP contribution in [0.25, 0.3) is 11.3 Å². The lowest BCUT2D eigenvalue weighted by Crippen LogP contribution is -1.95. The molecular weight excluding hydrogens is 282 g/mol. The summed E-state index contributed by atoms with van der Waals surface area (Å²) in [5, 5.41) is 0.926. The van der Waals surface area contributed by atoms with Crippen molar-refractivity contribution < 1.29 is 4.79 Å². The van der Waals surface area contributed by atoms with Crippen LogP contribution >= 0.6 is 34.8 Å². The largest absolute Gasteiger partial charge is 0.298 e. The molecule has 0 saturated heterocycles. The van der Waals surface area contributed by atoms with Crippen molar-refractivity contribution in [1.82, 2.24) is 9.97 Å². The van der Waals surface area contributed by atoms with Crippen LogP contribution in [-0.4, -0.2) is 16.3 Å². The molecule has 6 heteroatoms. The smallest absolute Gasteiger partial charge is 0.155 e. The minimum atomic E-state index is 0.107. The highest BCUT2D eigenvalue weighted by atomic mass is 35.5. The summed E-state index contributed by atoms with van der Waals surface area (Å²) < 4.78 is 0. The van der Waals surface area contributed by atoms with Gasteiger partial charge >= 0.3 is 0 Å². The zero-order chi connectivity index (χ0) is 12.4. The predicted octanol–water partition coefficient (Wildman–Crippen LogP) is 3.92. The van der Waals surface area contributed by atoms with Gasteiger partial charge in [0.25, 0.3) is 0 Å². The van der Waals surface area contributed by atoms with Gasteiger partial charge in [-0.2, -0.15) is 0 Å². The Morgan fingerprint density at radius 2 is 1.82 bits per heavy atom. The monoisotopic (exact) mass is 286 g/mol. The number of hydrogen-bond donors (Lipinski definition) is 0. The normalized spacial score (nSPS) is 10.3. The molecule has 0 atom stereocenters. The molecule has 0 aliphatic carbocycles. The first-order valence-corrected chi connectivity index (χ1v) is 5.68. The Kier molecular flexibility index (Phi) is 3.62. The molecule has 0 aliphatic rings. The van der Waals surface area contributed by atoms with E-state index in [-0.39, 0.29) is 10.7 Å². The van der Waals surface area contributed by atoms with Crippen LogP contribution in [0.1, 0.15) is 10.4 Å². The predicted molar refractivity (Wildman–Crippen MR) is 67.9 cm³/mol. The van der Waals surface area contributed by atoms with Crippen LogP contribution in [0.4, 0.5) is 0 Å². The van der Waals surface area contributed by atoms with Crippen molar-refractivity contribution in [2.75, 3.05) is 0 Å². The second-order valence-electron chi connectivity index (χ2n) is 3.17. The van der Waals surface area contributed by atoms with Gasteiger partial charge in [-0.15, -0.1) is 0 Å². The van der Waals surface area contributed by atoms with E-state index in [4.69, 9.17) is 34.8 Å². The van der Waals surface area contributed by atoms with Gasteiger partial charge in [0.2, 0.25) is 0 Å². The molecule has 0 fully saturated rings. The summed E-state index contributed by atoms with van der Waals surface area (Å²) in [5.74, 6) is 0. The zero-order valence-electron chi connectivity index (χ0n) is 8.32. The molecule has 1 aromatic heterocycles. The van der Waals surface area contributed by atoms with Crippen molar-refractivity contribution in [1.29, 1.82) is 0 Å². The maximum atomic E-state index is 10.9. The Morgan fingerprint density at radius 1 is 1.06 bits per heavy atom. The first-order chi connectivity index (χ1) is 8.13.